The average Bonchev–Trinajstić information content (AvgIpc) is 3.03. The number of hydrogen-bond acceptors (Lipinski definition) is 1. The van der Waals surface area contributed by atoms with Gasteiger partial charge in [-0.15, -0.1) is 0 Å². The Bertz CT molecular complexity index is 462. The summed E-state index contributed by atoms with van der Waals surface area (Å²) in [6.07, 6.45) is 7.47. The first-order chi connectivity index (χ1) is 8.34. The van der Waals surface area contributed by atoms with Gasteiger partial charge < -0.3 is 9.97 Å². The molecule has 2 aromatic rings. The normalized spacial score (nSPS) is 19.4. The maximum Gasteiger partial charge on any atom is 0.150 e. The summed E-state index contributed by atoms with van der Waals surface area (Å²) in [5.74, 6) is 0.327. The van der Waals surface area contributed by atoms with Gasteiger partial charge in [0.2, 0.25) is 0 Å². The van der Waals surface area contributed by atoms with Crippen LogP contribution in [0.25, 0.3) is 0 Å². The van der Waals surface area contributed by atoms with E-state index in [4.69, 9.17) is 0 Å². The molecule has 3 heteroatoms. The highest BCUT2D eigenvalue weighted by atomic mass is 16.1. The number of aromatic nitrogens is 2. The Kier molecular flexibility index (Phi) is 2.39. The Balaban J connectivity index is 2.16. The number of nitrogens with one attached hydrogen (secondary N) is 2. The Morgan fingerprint density at radius 1 is 1.00 bits per heavy atom. The minimum Gasteiger partial charge on any atom is -0.364 e. The highest BCUT2D eigenvalue weighted by molar-refractivity contribution is 5.93. The van der Waals surface area contributed by atoms with Crippen molar-refractivity contribution < 1.29 is 4.79 Å². The SMILES string of the molecule is O=C1CCCCC1(c1ccc[nH]1)c1ccc[nH]1. The fraction of sp³-hybridized carbons (Fsp3) is 0.357. The van der Waals surface area contributed by atoms with Crippen LogP contribution < -0.4 is 0 Å². The monoisotopic (exact) mass is 228 g/mol. The summed E-state index contributed by atoms with van der Waals surface area (Å²) in [6.45, 7) is 0. The molecule has 17 heavy (non-hydrogen) atoms. The highest BCUT2D eigenvalue weighted by Gasteiger charge is 2.44. The molecule has 0 atom stereocenters. The molecule has 1 aliphatic carbocycles. The molecule has 3 nitrogen and oxygen atoms in total. The summed E-state index contributed by atoms with van der Waals surface area (Å²) in [6, 6.07) is 7.96. The van der Waals surface area contributed by atoms with Crippen molar-refractivity contribution in [3.63, 3.8) is 0 Å². The molecule has 1 aliphatic rings. The summed E-state index contributed by atoms with van der Waals surface area (Å²) in [5, 5.41) is 0. The number of H-pyrrole nitrogens is 2. The topological polar surface area (TPSA) is 48.6 Å². The first-order valence-electron chi connectivity index (χ1n) is 6.15. The summed E-state index contributed by atoms with van der Waals surface area (Å²) in [7, 11) is 0. The smallest absolute Gasteiger partial charge is 0.150 e. The molecular weight excluding hydrogens is 212 g/mol. The summed E-state index contributed by atoms with van der Waals surface area (Å²) < 4.78 is 0. The summed E-state index contributed by atoms with van der Waals surface area (Å²) >= 11 is 0. The van der Waals surface area contributed by atoms with Crippen molar-refractivity contribution in [1.29, 1.82) is 0 Å². The van der Waals surface area contributed by atoms with Gasteiger partial charge in [-0.3, -0.25) is 4.79 Å². The van der Waals surface area contributed by atoms with Crippen LogP contribution >= 0.6 is 0 Å². The fourth-order valence-corrected chi connectivity index (χ4v) is 2.93. The minimum atomic E-state index is -0.467. The Morgan fingerprint density at radius 2 is 1.65 bits per heavy atom. The van der Waals surface area contributed by atoms with E-state index in [-0.39, 0.29) is 0 Å². The minimum absolute atomic E-state index is 0.327. The number of hydrogen-bond donors (Lipinski definition) is 2. The summed E-state index contributed by atoms with van der Waals surface area (Å²) in [4.78, 5) is 18.9. The molecule has 2 N–H and O–H groups in total. The largest absolute Gasteiger partial charge is 0.364 e. The number of carbonyl (C=O) groups excluding carboxylic acids is 1. The molecule has 88 valence electrons. The van der Waals surface area contributed by atoms with E-state index in [1.54, 1.807) is 0 Å². The average molecular weight is 228 g/mol. The Labute approximate surface area is 100 Å². The molecule has 0 unspecified atom stereocenters. The molecule has 1 saturated carbocycles. The van der Waals surface area contributed by atoms with E-state index in [1.807, 2.05) is 36.7 Å². The third-order valence-corrected chi connectivity index (χ3v) is 3.80. The van der Waals surface area contributed by atoms with Gasteiger partial charge in [0.05, 0.1) is 0 Å². The van der Waals surface area contributed by atoms with Gasteiger partial charge in [-0.1, -0.05) is 6.42 Å². The quantitative estimate of drug-likeness (QED) is 0.815. The van der Waals surface area contributed by atoms with Crippen molar-refractivity contribution >= 4 is 5.78 Å². The molecule has 0 radical (unpaired) electrons. The number of carbonyl (C=O) groups is 1. The Hall–Kier alpha value is -1.77. The molecule has 0 bridgehead atoms. The van der Waals surface area contributed by atoms with Crippen LogP contribution in [-0.4, -0.2) is 15.8 Å². The van der Waals surface area contributed by atoms with Crippen LogP contribution in [0.1, 0.15) is 37.1 Å². The van der Waals surface area contributed by atoms with E-state index in [9.17, 15) is 4.79 Å². The zero-order chi connectivity index (χ0) is 11.7. The third kappa shape index (κ3) is 1.46. The molecule has 0 aliphatic heterocycles. The van der Waals surface area contributed by atoms with E-state index < -0.39 is 5.41 Å². The lowest BCUT2D eigenvalue weighted by atomic mass is 9.68. The molecule has 0 saturated heterocycles. The first kappa shape index (κ1) is 10.4. The second kappa shape index (κ2) is 3.91. The maximum absolute atomic E-state index is 12.5. The van der Waals surface area contributed by atoms with Crippen LogP contribution in [0.2, 0.25) is 0 Å². The molecule has 3 rings (SSSR count). The van der Waals surface area contributed by atoms with Crippen molar-refractivity contribution in [2.75, 3.05) is 0 Å². The zero-order valence-electron chi connectivity index (χ0n) is 9.70. The van der Waals surface area contributed by atoms with Crippen molar-refractivity contribution in [2.45, 2.75) is 31.1 Å². The van der Waals surface area contributed by atoms with Gasteiger partial charge in [0, 0.05) is 30.2 Å². The fourth-order valence-electron chi connectivity index (χ4n) is 2.93. The predicted molar refractivity (Wildman–Crippen MR) is 65.8 cm³/mol. The van der Waals surface area contributed by atoms with Gasteiger partial charge in [0.25, 0.3) is 0 Å². The van der Waals surface area contributed by atoms with Gasteiger partial charge in [0.15, 0.2) is 5.78 Å². The van der Waals surface area contributed by atoms with Crippen LogP contribution in [0.3, 0.4) is 0 Å². The van der Waals surface area contributed by atoms with E-state index in [2.05, 4.69) is 9.97 Å². The van der Waals surface area contributed by atoms with Crippen molar-refractivity contribution in [3.05, 3.63) is 48.0 Å². The van der Waals surface area contributed by atoms with Crippen LogP contribution in [-0.2, 0) is 10.2 Å². The first-order valence-corrected chi connectivity index (χ1v) is 6.15. The van der Waals surface area contributed by atoms with Crippen molar-refractivity contribution in [2.24, 2.45) is 0 Å². The molecular formula is C14H16N2O. The highest BCUT2D eigenvalue weighted by Crippen LogP contribution is 2.40. The van der Waals surface area contributed by atoms with Gasteiger partial charge in [-0.25, -0.2) is 0 Å². The second-order valence-electron chi connectivity index (χ2n) is 4.70. The molecule has 0 aromatic carbocycles. The predicted octanol–water partition coefficient (Wildman–Crippen LogP) is 2.77. The molecule has 0 amide bonds. The number of Topliss-reactive ketones (excluding diaryl/α,β-unsaturated/α-hetero) is 1. The lowest BCUT2D eigenvalue weighted by molar-refractivity contribution is -0.125. The molecule has 2 heterocycles. The molecule has 0 spiro atoms. The molecule has 2 aromatic heterocycles. The van der Waals surface area contributed by atoms with Crippen LogP contribution in [0, 0.1) is 0 Å². The maximum atomic E-state index is 12.5. The second-order valence-corrected chi connectivity index (χ2v) is 4.70. The standard InChI is InChI=1S/C14H16N2O/c17-13-7-1-2-8-14(13,11-5-3-9-15-11)12-6-4-10-16-12/h3-6,9-10,15-16H,1-2,7-8H2. The summed E-state index contributed by atoms with van der Waals surface area (Å²) in [5.41, 5.74) is 1.57. The zero-order valence-corrected chi connectivity index (χ0v) is 9.70. The number of ketones is 1. The van der Waals surface area contributed by atoms with Gasteiger partial charge >= 0.3 is 0 Å². The Morgan fingerprint density at radius 3 is 2.12 bits per heavy atom. The lowest BCUT2D eigenvalue weighted by Gasteiger charge is -2.34. The number of aromatic amines is 2. The number of rotatable bonds is 2. The lowest BCUT2D eigenvalue weighted by Crippen LogP contribution is -2.40. The van der Waals surface area contributed by atoms with Gasteiger partial charge in [-0.2, -0.15) is 0 Å². The van der Waals surface area contributed by atoms with Crippen LogP contribution in [0.4, 0.5) is 0 Å². The van der Waals surface area contributed by atoms with Gasteiger partial charge in [-0.05, 0) is 37.1 Å². The van der Waals surface area contributed by atoms with Crippen molar-refractivity contribution in [3.8, 4) is 0 Å². The van der Waals surface area contributed by atoms with E-state index in [0.29, 0.717) is 12.2 Å². The van der Waals surface area contributed by atoms with E-state index in [1.165, 1.54) is 0 Å². The van der Waals surface area contributed by atoms with Gasteiger partial charge in [0.1, 0.15) is 5.41 Å². The molecule has 1 fully saturated rings. The third-order valence-electron chi connectivity index (χ3n) is 3.80. The van der Waals surface area contributed by atoms with Crippen molar-refractivity contribution in [1.82, 2.24) is 9.97 Å². The van der Waals surface area contributed by atoms with Crippen LogP contribution in [0.15, 0.2) is 36.7 Å². The van der Waals surface area contributed by atoms with Crippen LogP contribution in [0.5, 0.6) is 0 Å². The van der Waals surface area contributed by atoms with E-state index in [0.717, 1.165) is 30.7 Å². The van der Waals surface area contributed by atoms with E-state index >= 15 is 0 Å².